The summed E-state index contributed by atoms with van der Waals surface area (Å²) in [6.45, 7) is 4.37. The maximum atomic E-state index is 4.04. The lowest BCUT2D eigenvalue weighted by Crippen LogP contribution is -2.13. The smallest absolute Gasteiger partial charge is 0.0794 e. The zero-order valence-corrected chi connectivity index (χ0v) is 8.36. The number of aromatic nitrogens is 1. The summed E-state index contributed by atoms with van der Waals surface area (Å²) in [5.41, 5.74) is 1.90. The topological polar surface area (TPSA) is 24.9 Å². The van der Waals surface area contributed by atoms with Crippen LogP contribution in [0.4, 0.5) is 0 Å². The number of thiazole rings is 1. The molecule has 0 aliphatic rings. The average molecular weight is 184 g/mol. The number of hydrogen-bond acceptors (Lipinski definition) is 3. The summed E-state index contributed by atoms with van der Waals surface area (Å²) in [7, 11) is 0. The number of rotatable bonds is 6. The van der Waals surface area contributed by atoms with Gasteiger partial charge in [0.05, 0.1) is 5.51 Å². The molecular weight excluding hydrogens is 168 g/mol. The number of nitrogens with zero attached hydrogens (tertiary/aromatic N) is 1. The van der Waals surface area contributed by atoms with Crippen LogP contribution in [0.25, 0.3) is 0 Å². The first-order chi connectivity index (χ1) is 5.93. The van der Waals surface area contributed by atoms with Crippen LogP contribution >= 0.6 is 11.3 Å². The molecule has 1 aromatic rings. The zero-order valence-electron chi connectivity index (χ0n) is 7.55. The Hall–Kier alpha value is -0.410. The fraction of sp³-hybridized carbons (Fsp3) is 0.667. The Morgan fingerprint density at radius 1 is 1.50 bits per heavy atom. The first-order valence-corrected chi connectivity index (χ1v) is 5.39. The van der Waals surface area contributed by atoms with Crippen LogP contribution in [0.5, 0.6) is 0 Å². The Balaban J connectivity index is 1.96. The zero-order chi connectivity index (χ0) is 8.65. The lowest BCUT2D eigenvalue weighted by molar-refractivity contribution is 0.643. The van der Waals surface area contributed by atoms with Gasteiger partial charge in [-0.2, -0.15) is 0 Å². The van der Waals surface area contributed by atoms with Crippen molar-refractivity contribution in [3.63, 3.8) is 0 Å². The second-order valence-corrected chi connectivity index (χ2v) is 3.75. The minimum Gasteiger partial charge on any atom is -0.317 e. The fourth-order valence-corrected chi connectivity index (χ4v) is 1.73. The Kier molecular flexibility index (Phi) is 4.95. The van der Waals surface area contributed by atoms with Crippen LogP contribution in [0.2, 0.25) is 0 Å². The van der Waals surface area contributed by atoms with Crippen LogP contribution in [-0.2, 0) is 6.42 Å². The van der Waals surface area contributed by atoms with Crippen molar-refractivity contribution < 1.29 is 0 Å². The van der Waals surface area contributed by atoms with Crippen LogP contribution < -0.4 is 5.32 Å². The third-order valence-corrected chi connectivity index (χ3v) is 2.60. The quantitative estimate of drug-likeness (QED) is 0.685. The highest BCUT2D eigenvalue weighted by Crippen LogP contribution is 2.08. The molecule has 1 aromatic heterocycles. The Bertz CT molecular complexity index is 184. The van der Waals surface area contributed by atoms with E-state index in [1.54, 1.807) is 11.3 Å². The molecule has 1 rings (SSSR count). The van der Waals surface area contributed by atoms with E-state index in [1.807, 2.05) is 11.7 Å². The molecule has 0 unspecified atom stereocenters. The largest absolute Gasteiger partial charge is 0.317 e. The van der Waals surface area contributed by atoms with Gasteiger partial charge in [0.15, 0.2) is 0 Å². The van der Waals surface area contributed by atoms with Crippen LogP contribution in [0.15, 0.2) is 11.7 Å². The summed E-state index contributed by atoms with van der Waals surface area (Å²) >= 11 is 1.76. The number of hydrogen-bond donors (Lipinski definition) is 1. The van der Waals surface area contributed by atoms with E-state index in [2.05, 4.69) is 17.2 Å². The van der Waals surface area contributed by atoms with Crippen LogP contribution in [-0.4, -0.2) is 18.1 Å². The van der Waals surface area contributed by atoms with E-state index < -0.39 is 0 Å². The van der Waals surface area contributed by atoms with E-state index in [4.69, 9.17) is 0 Å². The minimum absolute atomic E-state index is 1.08. The molecule has 3 heteroatoms. The van der Waals surface area contributed by atoms with Crippen molar-refractivity contribution >= 4 is 11.3 Å². The Labute approximate surface area is 78.0 Å². The predicted octanol–water partition coefficient (Wildman–Crippen LogP) is 2.08. The maximum Gasteiger partial charge on any atom is 0.0794 e. The SMILES string of the molecule is CCNCCCCc1cncs1. The third kappa shape index (κ3) is 3.83. The molecule has 0 saturated heterocycles. The second-order valence-electron chi connectivity index (χ2n) is 2.78. The third-order valence-electron chi connectivity index (χ3n) is 1.76. The normalized spacial score (nSPS) is 10.4. The van der Waals surface area contributed by atoms with E-state index in [9.17, 15) is 0 Å². The number of nitrogens with one attached hydrogen (secondary N) is 1. The van der Waals surface area contributed by atoms with Crippen molar-refractivity contribution in [1.29, 1.82) is 0 Å². The summed E-state index contributed by atoms with van der Waals surface area (Å²) in [6, 6.07) is 0. The van der Waals surface area contributed by atoms with Crippen molar-refractivity contribution in [1.82, 2.24) is 10.3 Å². The van der Waals surface area contributed by atoms with E-state index >= 15 is 0 Å². The molecule has 1 N–H and O–H groups in total. The average Bonchev–Trinajstić information content (AvgIpc) is 2.57. The van der Waals surface area contributed by atoms with Gasteiger partial charge >= 0.3 is 0 Å². The molecule has 1 heterocycles. The molecule has 0 aromatic carbocycles. The van der Waals surface area contributed by atoms with Gasteiger partial charge in [0.1, 0.15) is 0 Å². The van der Waals surface area contributed by atoms with Crippen LogP contribution in [0, 0.1) is 0 Å². The van der Waals surface area contributed by atoms with E-state index in [1.165, 1.54) is 24.1 Å². The van der Waals surface area contributed by atoms with Crippen molar-refractivity contribution in [2.45, 2.75) is 26.2 Å². The lowest BCUT2D eigenvalue weighted by Gasteiger charge is -1.99. The minimum atomic E-state index is 1.08. The van der Waals surface area contributed by atoms with Crippen molar-refractivity contribution in [2.75, 3.05) is 13.1 Å². The fourth-order valence-electron chi connectivity index (χ4n) is 1.09. The molecule has 68 valence electrons. The van der Waals surface area contributed by atoms with Gasteiger partial charge in [-0.1, -0.05) is 6.92 Å². The molecule has 2 nitrogen and oxygen atoms in total. The molecule has 0 aliphatic heterocycles. The van der Waals surface area contributed by atoms with Crippen LogP contribution in [0.1, 0.15) is 24.6 Å². The van der Waals surface area contributed by atoms with Crippen molar-refractivity contribution in [2.24, 2.45) is 0 Å². The summed E-state index contributed by atoms with van der Waals surface area (Å²) < 4.78 is 0. The molecule has 0 aliphatic carbocycles. The molecule has 0 saturated carbocycles. The summed E-state index contributed by atoms with van der Waals surface area (Å²) in [5.74, 6) is 0. The van der Waals surface area contributed by atoms with Crippen molar-refractivity contribution in [3.8, 4) is 0 Å². The van der Waals surface area contributed by atoms with E-state index in [0.29, 0.717) is 0 Å². The highest BCUT2D eigenvalue weighted by molar-refractivity contribution is 7.09. The first kappa shape index (κ1) is 9.68. The van der Waals surface area contributed by atoms with Gasteiger partial charge in [0, 0.05) is 11.1 Å². The first-order valence-electron chi connectivity index (χ1n) is 4.51. The summed E-state index contributed by atoms with van der Waals surface area (Å²) in [4.78, 5) is 5.45. The number of aryl methyl sites for hydroxylation is 1. The molecule has 12 heavy (non-hydrogen) atoms. The van der Waals surface area contributed by atoms with Gasteiger partial charge in [0.2, 0.25) is 0 Å². The molecule has 0 spiro atoms. The Morgan fingerprint density at radius 3 is 3.08 bits per heavy atom. The van der Waals surface area contributed by atoms with Crippen LogP contribution in [0.3, 0.4) is 0 Å². The number of unbranched alkanes of at least 4 members (excludes halogenated alkanes) is 1. The molecule has 0 atom stereocenters. The van der Waals surface area contributed by atoms with Gasteiger partial charge in [-0.25, -0.2) is 0 Å². The summed E-state index contributed by atoms with van der Waals surface area (Å²) in [6.07, 6.45) is 5.70. The summed E-state index contributed by atoms with van der Waals surface area (Å²) in [5, 5.41) is 3.32. The lowest BCUT2D eigenvalue weighted by atomic mass is 10.2. The molecular formula is C9H16N2S. The molecule has 0 fully saturated rings. The van der Waals surface area contributed by atoms with Gasteiger partial charge < -0.3 is 5.32 Å². The highest BCUT2D eigenvalue weighted by Gasteiger charge is 1.93. The highest BCUT2D eigenvalue weighted by atomic mass is 32.1. The van der Waals surface area contributed by atoms with Crippen molar-refractivity contribution in [3.05, 3.63) is 16.6 Å². The predicted molar refractivity (Wildman–Crippen MR) is 53.6 cm³/mol. The van der Waals surface area contributed by atoms with Gasteiger partial charge in [-0.3, -0.25) is 4.98 Å². The standard InChI is InChI=1S/C9H16N2S/c1-2-10-6-4-3-5-9-7-11-8-12-9/h7-8,10H,2-6H2,1H3. The Morgan fingerprint density at radius 2 is 2.42 bits per heavy atom. The maximum absolute atomic E-state index is 4.04. The molecule has 0 amide bonds. The monoisotopic (exact) mass is 184 g/mol. The van der Waals surface area contributed by atoms with E-state index in [0.717, 1.165) is 13.1 Å². The van der Waals surface area contributed by atoms with Gasteiger partial charge in [-0.05, 0) is 32.4 Å². The second kappa shape index (κ2) is 6.14. The van der Waals surface area contributed by atoms with Gasteiger partial charge in [-0.15, -0.1) is 11.3 Å². The molecule has 0 radical (unpaired) electrons. The van der Waals surface area contributed by atoms with Gasteiger partial charge in [0.25, 0.3) is 0 Å². The molecule has 0 bridgehead atoms. The van der Waals surface area contributed by atoms with E-state index in [-0.39, 0.29) is 0 Å².